The number of rotatable bonds is 5. The van der Waals surface area contributed by atoms with Gasteiger partial charge >= 0.3 is 5.96 Å². The molecule has 0 saturated heterocycles. The number of hydrogen-bond acceptors (Lipinski definition) is 7. The van der Waals surface area contributed by atoms with E-state index in [4.69, 9.17) is 17.0 Å². The minimum atomic E-state index is -4.25. The number of hydrogen-bond donors (Lipinski definition) is 3. The number of allylic oxidation sites excluding steroid dienone is 1. The van der Waals surface area contributed by atoms with Gasteiger partial charge in [-0.3, -0.25) is 21.7 Å². The van der Waals surface area contributed by atoms with Crippen molar-refractivity contribution in [2.45, 2.75) is 4.90 Å². The van der Waals surface area contributed by atoms with Crippen molar-refractivity contribution in [3.05, 3.63) is 94.8 Å². The van der Waals surface area contributed by atoms with Crippen LogP contribution in [-0.4, -0.2) is 39.3 Å². The molecule has 2 aromatic carbocycles. The highest BCUT2D eigenvalue weighted by Crippen LogP contribution is 2.24. The Bertz CT molecular complexity index is 1270. The Balaban J connectivity index is 0.000000303. The van der Waals surface area contributed by atoms with Gasteiger partial charge in [-0.15, -0.1) is 10.1 Å². The van der Waals surface area contributed by atoms with E-state index in [2.05, 4.69) is 0 Å². The molecule has 3 aromatic rings. The fraction of sp³-hybridized carbons (Fsp3) is 0. The number of benzene rings is 2. The fourth-order valence-corrected chi connectivity index (χ4v) is 2.96. The molecule has 166 valence electrons. The number of aromatic nitrogens is 1. The summed E-state index contributed by atoms with van der Waals surface area (Å²) in [5, 5.41) is 18.3. The number of hydrazone groups is 1. The lowest BCUT2D eigenvalue weighted by Gasteiger charge is -2.06. The summed E-state index contributed by atoms with van der Waals surface area (Å²) < 4.78 is 33.5. The van der Waals surface area contributed by atoms with Crippen LogP contribution in [0.15, 0.2) is 83.9 Å². The van der Waals surface area contributed by atoms with Gasteiger partial charge in [0.05, 0.1) is 16.0 Å². The Morgan fingerprint density at radius 2 is 1.66 bits per heavy atom. The van der Waals surface area contributed by atoms with Gasteiger partial charge in [-0.05, 0) is 42.5 Å². The maximum Gasteiger partial charge on any atom is 0.403 e. The number of hydrazine groups is 1. The molecule has 1 aromatic heterocycles. The molecule has 0 unspecified atom stereocenters. The summed E-state index contributed by atoms with van der Waals surface area (Å²) in [6.45, 7) is 0. The number of nitro groups is 1. The maximum absolute atomic E-state index is 11.1. The number of nitrogens with one attached hydrogen (secondary N) is 1. The van der Waals surface area contributed by atoms with Crippen LogP contribution in [0, 0.1) is 15.5 Å². The van der Waals surface area contributed by atoms with Crippen LogP contribution in [0.25, 0.3) is 11.8 Å². The van der Waals surface area contributed by atoms with E-state index in [0.29, 0.717) is 5.69 Å². The minimum Gasteiger partial charge on any atom is -0.744 e. The van der Waals surface area contributed by atoms with E-state index in [0.717, 1.165) is 10.4 Å². The van der Waals surface area contributed by atoms with Gasteiger partial charge in [0.25, 0.3) is 5.69 Å². The Hall–Kier alpha value is -4.29. The molecule has 11 nitrogen and oxygen atoms in total. The molecule has 1 heterocycles. The molecule has 5 N–H and O–H groups in total. The summed E-state index contributed by atoms with van der Waals surface area (Å²) in [6.07, 6.45) is 6.45. The third-order valence-electron chi connectivity index (χ3n) is 3.94. The number of nitrogens with two attached hydrogens (primary N) is 2. The van der Waals surface area contributed by atoms with Crippen molar-refractivity contribution >= 4 is 34.1 Å². The Labute approximate surface area is 183 Å². The zero-order chi connectivity index (χ0) is 23.7. The summed E-state index contributed by atoms with van der Waals surface area (Å²) >= 11 is 0. The normalized spacial score (nSPS) is 11.6. The van der Waals surface area contributed by atoms with Crippen molar-refractivity contribution in [2.24, 2.45) is 11.6 Å². The molecule has 32 heavy (non-hydrogen) atoms. The van der Waals surface area contributed by atoms with Crippen molar-refractivity contribution in [3.8, 4) is 5.69 Å². The number of guanidine groups is 1. The Morgan fingerprint density at radius 1 is 1.03 bits per heavy atom. The average molecular weight is 456 g/mol. The van der Waals surface area contributed by atoms with E-state index in [1.54, 1.807) is 59.3 Å². The SMILES string of the molecule is N=C(N)[N+](N)=CC=Cc1cccn1-c1ccccc1[N+](=O)[O-].O=S(=O)([O-])c1ccccc1. The lowest BCUT2D eigenvalue weighted by molar-refractivity contribution is -0.417. The molecule has 3 rings (SSSR count). The molecule has 0 aliphatic heterocycles. The molecule has 0 atom stereocenters. The molecular formula is C20H20N6O5S. The van der Waals surface area contributed by atoms with Crippen LogP contribution in [0.4, 0.5) is 5.69 Å². The number of nitro benzene ring substituents is 1. The zero-order valence-electron chi connectivity index (χ0n) is 16.6. The summed E-state index contributed by atoms with van der Waals surface area (Å²) in [6, 6.07) is 17.2. The average Bonchev–Trinajstić information content (AvgIpc) is 3.22. The van der Waals surface area contributed by atoms with Crippen LogP contribution in [0.1, 0.15) is 5.69 Å². The van der Waals surface area contributed by atoms with Crippen LogP contribution >= 0.6 is 0 Å². The maximum atomic E-state index is 11.1. The second-order valence-electron chi connectivity index (χ2n) is 6.12. The predicted molar refractivity (Wildman–Crippen MR) is 118 cm³/mol. The quantitative estimate of drug-likeness (QED) is 0.0994. The van der Waals surface area contributed by atoms with Crippen molar-refractivity contribution in [1.82, 2.24) is 4.57 Å². The van der Waals surface area contributed by atoms with Gasteiger partial charge in [0.2, 0.25) is 0 Å². The molecule has 0 radical (unpaired) electrons. The van der Waals surface area contributed by atoms with Crippen LogP contribution < -0.4 is 11.6 Å². The topological polar surface area (TPSA) is 184 Å². The predicted octanol–water partition coefficient (Wildman–Crippen LogP) is 1.84. The third-order valence-corrected chi connectivity index (χ3v) is 4.79. The van der Waals surface area contributed by atoms with E-state index in [-0.39, 0.29) is 16.5 Å². The van der Waals surface area contributed by atoms with Crippen LogP contribution in [0.3, 0.4) is 0 Å². The van der Waals surface area contributed by atoms with Gasteiger partial charge in [-0.2, -0.15) is 0 Å². The molecule has 0 aliphatic carbocycles. The zero-order valence-corrected chi connectivity index (χ0v) is 17.4. The molecular weight excluding hydrogens is 436 g/mol. The van der Waals surface area contributed by atoms with E-state index in [9.17, 15) is 23.1 Å². The number of nitrogens with zero attached hydrogens (tertiary/aromatic N) is 3. The van der Waals surface area contributed by atoms with Gasteiger partial charge in [-0.1, -0.05) is 30.3 Å². The van der Waals surface area contributed by atoms with Gasteiger partial charge < -0.3 is 9.12 Å². The minimum absolute atomic E-state index is 0.0153. The van der Waals surface area contributed by atoms with Crippen molar-refractivity contribution < 1.29 is 22.6 Å². The summed E-state index contributed by atoms with van der Waals surface area (Å²) in [7, 11) is -4.25. The fourth-order valence-electron chi connectivity index (χ4n) is 2.47. The highest BCUT2D eigenvalue weighted by atomic mass is 32.2. The Morgan fingerprint density at radius 3 is 2.22 bits per heavy atom. The van der Waals surface area contributed by atoms with Gasteiger partial charge in [-0.25, -0.2) is 8.42 Å². The first-order valence-electron chi connectivity index (χ1n) is 8.93. The van der Waals surface area contributed by atoms with Crippen molar-refractivity contribution in [1.29, 1.82) is 5.41 Å². The monoisotopic (exact) mass is 456 g/mol. The molecule has 0 fully saturated rings. The first kappa shape index (κ1) is 24.0. The lowest BCUT2D eigenvalue weighted by atomic mass is 10.2. The second-order valence-corrected chi connectivity index (χ2v) is 7.50. The standard InChI is InChI=1S/C14H15N6O2.C6H6O3S/c15-14(16)19(17)10-4-6-11-5-3-9-18(11)12-7-1-2-8-13(12)20(21)22;7-10(8,9)6-4-2-1-3-5-6/h1-10H,17H2,(H3,15,16);1-5H,(H,7,8,9)/q+1;/p-1. The van der Waals surface area contributed by atoms with Crippen LogP contribution in [0.2, 0.25) is 0 Å². The van der Waals surface area contributed by atoms with E-state index < -0.39 is 15.0 Å². The van der Waals surface area contributed by atoms with Gasteiger partial charge in [0.1, 0.15) is 15.8 Å². The van der Waals surface area contributed by atoms with Crippen molar-refractivity contribution in [2.75, 3.05) is 0 Å². The Kier molecular flexibility index (Phi) is 7.98. The summed E-state index contributed by atoms with van der Waals surface area (Å²) in [5.74, 6) is 5.16. The van der Waals surface area contributed by atoms with Crippen molar-refractivity contribution in [3.63, 3.8) is 0 Å². The van der Waals surface area contributed by atoms with E-state index in [1.165, 1.54) is 36.5 Å². The molecule has 0 bridgehead atoms. The summed E-state index contributed by atoms with van der Waals surface area (Å²) in [4.78, 5) is 10.5. The molecule has 0 spiro atoms. The van der Waals surface area contributed by atoms with E-state index >= 15 is 0 Å². The molecule has 0 aliphatic rings. The van der Waals surface area contributed by atoms with Crippen LogP contribution in [0.5, 0.6) is 0 Å². The smallest absolute Gasteiger partial charge is 0.403 e. The summed E-state index contributed by atoms with van der Waals surface area (Å²) in [5.41, 5.74) is 6.41. The largest absolute Gasteiger partial charge is 0.744 e. The highest BCUT2D eigenvalue weighted by molar-refractivity contribution is 7.85. The third kappa shape index (κ3) is 6.62. The second kappa shape index (κ2) is 10.7. The molecule has 12 heteroatoms. The first-order valence-corrected chi connectivity index (χ1v) is 10.3. The van der Waals surface area contributed by atoms with Crippen LogP contribution in [-0.2, 0) is 10.1 Å². The molecule has 0 saturated carbocycles. The number of para-hydroxylation sites is 2. The lowest BCUT2D eigenvalue weighted by Crippen LogP contribution is -2.33. The van der Waals surface area contributed by atoms with Gasteiger partial charge in [0, 0.05) is 18.0 Å². The van der Waals surface area contributed by atoms with Gasteiger partial charge in [0.15, 0.2) is 0 Å². The molecule has 0 amide bonds. The van der Waals surface area contributed by atoms with E-state index in [1.807, 2.05) is 0 Å². The first-order chi connectivity index (χ1) is 15.1. The highest BCUT2D eigenvalue weighted by Gasteiger charge is 2.14.